The average Bonchev–Trinajstić information content (AvgIpc) is 2.75. The molecule has 0 saturated heterocycles. The maximum atomic E-state index is 12.3. The van der Waals surface area contributed by atoms with Gasteiger partial charge in [-0.2, -0.15) is 5.10 Å². The van der Waals surface area contributed by atoms with Crippen molar-refractivity contribution in [2.24, 2.45) is 0 Å². The zero-order valence-corrected chi connectivity index (χ0v) is 16.1. The van der Waals surface area contributed by atoms with Crippen LogP contribution in [0.15, 0.2) is 25.6 Å². The first-order valence-corrected chi connectivity index (χ1v) is 8.48. The van der Waals surface area contributed by atoms with E-state index in [9.17, 15) is 4.79 Å². The van der Waals surface area contributed by atoms with Crippen molar-refractivity contribution in [3.05, 3.63) is 36.9 Å². The van der Waals surface area contributed by atoms with Crippen LogP contribution in [0.4, 0.5) is 11.4 Å². The Bertz CT molecular complexity index is 674. The molecule has 0 aliphatic rings. The normalized spacial score (nSPS) is 11.0. The number of halogens is 3. The van der Waals surface area contributed by atoms with Gasteiger partial charge in [0.1, 0.15) is 0 Å². The van der Waals surface area contributed by atoms with E-state index in [1.165, 1.54) is 0 Å². The van der Waals surface area contributed by atoms with Gasteiger partial charge in [-0.25, -0.2) is 0 Å². The third kappa shape index (κ3) is 3.49. The number of aromatic nitrogens is 2. The molecule has 8 heteroatoms. The van der Waals surface area contributed by atoms with Crippen molar-refractivity contribution in [2.75, 3.05) is 11.1 Å². The maximum Gasteiger partial charge on any atom is 0.278 e. The van der Waals surface area contributed by atoms with Crippen LogP contribution in [0.25, 0.3) is 0 Å². The number of hydrogen-bond donors (Lipinski definition) is 3. The highest BCUT2D eigenvalue weighted by Crippen LogP contribution is 2.35. The first kappa shape index (κ1) is 16.5. The van der Waals surface area contributed by atoms with Crippen molar-refractivity contribution in [3.8, 4) is 0 Å². The number of aromatic amines is 1. The predicted octanol–water partition coefficient (Wildman–Crippen LogP) is 4.66. The van der Waals surface area contributed by atoms with Gasteiger partial charge in [0.15, 0.2) is 5.69 Å². The lowest BCUT2D eigenvalue weighted by atomic mass is 10.1. The largest absolute Gasteiger partial charge is 0.395 e. The summed E-state index contributed by atoms with van der Waals surface area (Å²) in [6, 6.07) is 3.68. The maximum absolute atomic E-state index is 12.3. The highest BCUT2D eigenvalue weighted by molar-refractivity contribution is 9.11. The molecule has 2 rings (SSSR count). The van der Waals surface area contributed by atoms with Crippen LogP contribution in [0.5, 0.6) is 0 Å². The van der Waals surface area contributed by atoms with E-state index in [2.05, 4.69) is 63.3 Å². The monoisotopic (exact) mass is 478 g/mol. The van der Waals surface area contributed by atoms with Crippen molar-refractivity contribution in [2.45, 2.75) is 19.8 Å². The van der Waals surface area contributed by atoms with Gasteiger partial charge in [0.25, 0.3) is 5.91 Å². The van der Waals surface area contributed by atoms with Gasteiger partial charge in [-0.1, -0.05) is 29.8 Å². The Kier molecular flexibility index (Phi) is 5.11. The van der Waals surface area contributed by atoms with Gasteiger partial charge in [0.2, 0.25) is 0 Å². The Morgan fingerprint density at radius 3 is 2.33 bits per heavy atom. The number of H-pyrrole nitrogens is 1. The van der Waals surface area contributed by atoms with E-state index < -0.39 is 0 Å². The topological polar surface area (TPSA) is 83.8 Å². The van der Waals surface area contributed by atoms with E-state index in [4.69, 9.17) is 5.73 Å². The molecular weight excluding hydrogens is 468 g/mol. The van der Waals surface area contributed by atoms with Crippen LogP contribution in [-0.4, -0.2) is 16.1 Å². The molecule has 0 saturated carbocycles. The van der Waals surface area contributed by atoms with E-state index in [0.717, 1.165) is 19.1 Å². The molecule has 1 aromatic carbocycles. The van der Waals surface area contributed by atoms with Crippen molar-refractivity contribution < 1.29 is 4.79 Å². The molecule has 4 N–H and O–H groups in total. The summed E-state index contributed by atoms with van der Waals surface area (Å²) in [6.07, 6.45) is 0. The van der Waals surface area contributed by atoms with Crippen LogP contribution in [0.3, 0.4) is 0 Å². The molecule has 0 unspecified atom stereocenters. The molecule has 0 atom stereocenters. The molecule has 2 aromatic rings. The zero-order valence-electron chi connectivity index (χ0n) is 11.3. The number of amides is 1. The molecule has 0 bridgehead atoms. The van der Waals surface area contributed by atoms with Crippen LogP contribution in [0, 0.1) is 0 Å². The zero-order chi connectivity index (χ0) is 15.7. The van der Waals surface area contributed by atoms with Gasteiger partial charge >= 0.3 is 0 Å². The van der Waals surface area contributed by atoms with Crippen LogP contribution < -0.4 is 11.1 Å². The van der Waals surface area contributed by atoms with Gasteiger partial charge in [0.05, 0.1) is 17.1 Å². The molecule has 0 aliphatic carbocycles. The number of nitrogens with one attached hydrogen (secondary N) is 2. The number of nitrogens with zero attached hydrogens (tertiary/aromatic N) is 1. The second-order valence-corrected chi connectivity index (χ2v) is 7.38. The average molecular weight is 481 g/mol. The first-order chi connectivity index (χ1) is 9.81. The number of nitrogens with two attached hydrogens (primary N) is 1. The molecule has 21 heavy (non-hydrogen) atoms. The van der Waals surface area contributed by atoms with Crippen molar-refractivity contribution in [3.63, 3.8) is 0 Å². The van der Waals surface area contributed by atoms with Gasteiger partial charge in [0, 0.05) is 13.4 Å². The van der Waals surface area contributed by atoms with Gasteiger partial charge in [-0.05, 0) is 49.9 Å². The molecule has 1 amide bonds. The number of carbonyl (C=O) groups excluding carboxylic acids is 1. The fraction of sp³-hybridized carbons (Fsp3) is 0.231. The summed E-state index contributed by atoms with van der Waals surface area (Å²) in [5.41, 5.74) is 7.93. The van der Waals surface area contributed by atoms with E-state index in [0.29, 0.717) is 11.4 Å². The highest BCUT2D eigenvalue weighted by atomic mass is 79.9. The second-order valence-electron chi connectivity index (χ2n) is 4.75. The summed E-state index contributed by atoms with van der Waals surface area (Å²) >= 11 is 10.2. The van der Waals surface area contributed by atoms with Gasteiger partial charge in [-0.3, -0.25) is 9.89 Å². The number of nitrogen functional groups attached to an aromatic ring is 1. The molecule has 112 valence electrons. The minimum Gasteiger partial charge on any atom is -0.395 e. The third-order valence-corrected chi connectivity index (χ3v) is 4.58. The minimum atomic E-state index is -0.362. The van der Waals surface area contributed by atoms with E-state index in [-0.39, 0.29) is 17.5 Å². The number of rotatable bonds is 3. The summed E-state index contributed by atoms with van der Waals surface area (Å²) in [5.74, 6) is -0.190. The number of carbonyl (C=O) groups is 1. The summed E-state index contributed by atoms with van der Waals surface area (Å²) in [7, 11) is 0. The van der Waals surface area contributed by atoms with Gasteiger partial charge < -0.3 is 11.1 Å². The Labute approximate surface area is 147 Å². The summed E-state index contributed by atoms with van der Waals surface area (Å²) in [5, 5.41) is 9.62. The predicted molar refractivity (Wildman–Crippen MR) is 94.6 cm³/mol. The minimum absolute atomic E-state index is 0.171. The fourth-order valence-corrected chi connectivity index (χ4v) is 4.27. The molecular formula is C13H13Br3N4O. The summed E-state index contributed by atoms with van der Waals surface area (Å²) in [6.45, 7) is 3.96. The molecule has 0 spiro atoms. The van der Waals surface area contributed by atoms with Crippen molar-refractivity contribution >= 4 is 65.1 Å². The summed E-state index contributed by atoms with van der Waals surface area (Å²) < 4.78 is 2.38. The smallest absolute Gasteiger partial charge is 0.278 e. The quantitative estimate of drug-likeness (QED) is 0.597. The molecule has 1 aromatic heterocycles. The second kappa shape index (κ2) is 6.50. The third-order valence-electron chi connectivity index (χ3n) is 2.87. The standard InChI is InChI=1S/C13H13Br3N4O/c1-5(2)10-9(17)12(20-19-10)13(21)18-11-7(15)3-6(14)4-8(11)16/h3-5H,17H2,1-2H3,(H,18,21)(H,19,20). The number of anilines is 2. The van der Waals surface area contributed by atoms with E-state index in [1.807, 2.05) is 26.0 Å². The lowest BCUT2D eigenvalue weighted by Gasteiger charge is -2.10. The lowest BCUT2D eigenvalue weighted by molar-refractivity contribution is 0.102. The van der Waals surface area contributed by atoms with Crippen LogP contribution in [0.1, 0.15) is 35.9 Å². The van der Waals surface area contributed by atoms with Crippen LogP contribution in [-0.2, 0) is 0 Å². The van der Waals surface area contributed by atoms with Gasteiger partial charge in [-0.15, -0.1) is 0 Å². The Morgan fingerprint density at radius 2 is 1.86 bits per heavy atom. The number of hydrogen-bond acceptors (Lipinski definition) is 3. The first-order valence-electron chi connectivity index (χ1n) is 6.11. The highest BCUT2D eigenvalue weighted by Gasteiger charge is 2.20. The molecule has 5 nitrogen and oxygen atoms in total. The summed E-state index contributed by atoms with van der Waals surface area (Å²) in [4.78, 5) is 12.3. The Balaban J connectivity index is 2.31. The molecule has 0 radical (unpaired) electrons. The van der Waals surface area contributed by atoms with Crippen molar-refractivity contribution in [1.82, 2.24) is 10.2 Å². The fourth-order valence-electron chi connectivity index (χ4n) is 1.81. The number of benzene rings is 1. The molecule has 0 aliphatic heterocycles. The SMILES string of the molecule is CC(C)c1[nH]nc(C(=O)Nc2c(Br)cc(Br)cc2Br)c1N. The van der Waals surface area contributed by atoms with E-state index in [1.54, 1.807) is 0 Å². The van der Waals surface area contributed by atoms with Crippen LogP contribution in [0.2, 0.25) is 0 Å². The Hall–Kier alpha value is -0.860. The van der Waals surface area contributed by atoms with Crippen molar-refractivity contribution in [1.29, 1.82) is 0 Å². The molecule has 1 heterocycles. The van der Waals surface area contributed by atoms with Crippen LogP contribution >= 0.6 is 47.8 Å². The van der Waals surface area contributed by atoms with E-state index >= 15 is 0 Å². The Morgan fingerprint density at radius 1 is 1.29 bits per heavy atom. The molecule has 0 fully saturated rings. The lowest BCUT2D eigenvalue weighted by Crippen LogP contribution is -2.15.